The van der Waals surface area contributed by atoms with E-state index in [2.05, 4.69) is 15.3 Å². The molecule has 0 aliphatic rings. The Bertz CT molecular complexity index is 1170. The largest absolute Gasteiger partial charge is 0.481 e. The van der Waals surface area contributed by atoms with Gasteiger partial charge in [0.05, 0.1) is 26.0 Å². The first kappa shape index (κ1) is 20.5. The van der Waals surface area contributed by atoms with E-state index in [1.807, 2.05) is 13.8 Å². The van der Waals surface area contributed by atoms with Crippen LogP contribution >= 0.6 is 0 Å². The molecule has 0 fully saturated rings. The maximum atomic E-state index is 13.2. The number of anilines is 1. The minimum Gasteiger partial charge on any atom is -0.481 e. The van der Waals surface area contributed by atoms with Crippen molar-refractivity contribution in [2.75, 3.05) is 24.8 Å². The Kier molecular flexibility index (Phi) is 5.42. The smallest absolute Gasteiger partial charge is 0.272 e. The second-order valence-electron chi connectivity index (χ2n) is 6.55. The number of amides is 1. The van der Waals surface area contributed by atoms with E-state index in [9.17, 15) is 13.2 Å². The third-order valence-corrected chi connectivity index (χ3v) is 5.18. The van der Waals surface area contributed by atoms with Crippen LogP contribution in [0.4, 0.5) is 5.69 Å². The Hall–Kier alpha value is -3.21. The fraction of sp³-hybridized carbons (Fsp3) is 0.333. The van der Waals surface area contributed by atoms with E-state index in [4.69, 9.17) is 9.47 Å². The van der Waals surface area contributed by atoms with Gasteiger partial charge in [-0.15, -0.1) is 5.10 Å². The summed E-state index contributed by atoms with van der Waals surface area (Å²) in [5.41, 5.74) is 1.34. The van der Waals surface area contributed by atoms with E-state index in [1.54, 1.807) is 10.7 Å². The maximum absolute atomic E-state index is 13.2. The average molecular weight is 419 g/mol. The summed E-state index contributed by atoms with van der Waals surface area (Å²) >= 11 is 0. The number of ether oxygens (including phenoxy) is 2. The van der Waals surface area contributed by atoms with Crippen LogP contribution in [0.5, 0.6) is 11.8 Å². The first-order chi connectivity index (χ1) is 13.7. The molecule has 0 unspecified atom stereocenters. The van der Waals surface area contributed by atoms with Crippen LogP contribution in [0.2, 0.25) is 0 Å². The quantitative estimate of drug-likeness (QED) is 0.596. The molecule has 1 amide bonds. The van der Waals surface area contributed by atoms with Gasteiger partial charge in [0, 0.05) is 17.7 Å². The van der Waals surface area contributed by atoms with Crippen LogP contribution in [0.25, 0.3) is 11.0 Å². The van der Waals surface area contributed by atoms with Gasteiger partial charge in [-0.25, -0.2) is 13.1 Å². The summed E-state index contributed by atoms with van der Waals surface area (Å²) < 4.78 is 37.5. The standard InChI is InChI=1S/C18H21N5O5S/c1-11(2)22-14-7-6-12(10-13(14)20-21-22)18(24)23(29(5,25)26)15-8-9-16(27-3)19-17(15)28-4/h6-11H,1-5H3. The summed E-state index contributed by atoms with van der Waals surface area (Å²) in [6.45, 7) is 3.92. The molecule has 0 radical (unpaired) electrons. The SMILES string of the molecule is COc1ccc(N(C(=O)c2ccc3c(c2)nnn3C(C)C)S(C)(=O)=O)c(OC)n1. The van der Waals surface area contributed by atoms with Crippen LogP contribution in [0.15, 0.2) is 30.3 Å². The summed E-state index contributed by atoms with van der Waals surface area (Å²) in [4.78, 5) is 17.2. The lowest BCUT2D eigenvalue weighted by Gasteiger charge is -2.22. The molecular weight excluding hydrogens is 398 g/mol. The summed E-state index contributed by atoms with van der Waals surface area (Å²) in [7, 11) is -1.25. The van der Waals surface area contributed by atoms with E-state index in [0.717, 1.165) is 11.8 Å². The van der Waals surface area contributed by atoms with E-state index < -0.39 is 15.9 Å². The van der Waals surface area contributed by atoms with E-state index in [1.165, 1.54) is 38.5 Å². The molecule has 3 aromatic rings. The topological polar surface area (TPSA) is 117 Å². The third kappa shape index (κ3) is 3.86. The predicted molar refractivity (Wildman–Crippen MR) is 107 cm³/mol. The minimum atomic E-state index is -4.00. The molecule has 29 heavy (non-hydrogen) atoms. The Morgan fingerprint density at radius 3 is 2.45 bits per heavy atom. The molecule has 2 aromatic heterocycles. The number of pyridine rings is 1. The van der Waals surface area contributed by atoms with Crippen molar-refractivity contribution in [2.24, 2.45) is 0 Å². The molecule has 0 spiro atoms. The van der Waals surface area contributed by atoms with Crippen molar-refractivity contribution in [3.8, 4) is 11.8 Å². The first-order valence-electron chi connectivity index (χ1n) is 8.66. The highest BCUT2D eigenvalue weighted by atomic mass is 32.2. The van der Waals surface area contributed by atoms with E-state index >= 15 is 0 Å². The molecule has 0 aliphatic carbocycles. The number of hydrogen-bond donors (Lipinski definition) is 0. The second-order valence-corrected chi connectivity index (χ2v) is 8.38. The van der Waals surface area contributed by atoms with Crippen molar-refractivity contribution in [2.45, 2.75) is 19.9 Å². The molecule has 0 N–H and O–H groups in total. The highest BCUT2D eigenvalue weighted by Gasteiger charge is 2.30. The van der Waals surface area contributed by atoms with Crippen LogP contribution in [-0.4, -0.2) is 54.8 Å². The van der Waals surface area contributed by atoms with Gasteiger partial charge in [-0.3, -0.25) is 4.79 Å². The molecule has 0 saturated carbocycles. The predicted octanol–water partition coefficient (Wildman–Crippen LogP) is 2.03. The van der Waals surface area contributed by atoms with E-state index in [-0.39, 0.29) is 29.1 Å². The Morgan fingerprint density at radius 2 is 1.86 bits per heavy atom. The van der Waals surface area contributed by atoms with Gasteiger partial charge in [0.15, 0.2) is 0 Å². The number of nitrogens with zero attached hydrogens (tertiary/aromatic N) is 5. The van der Waals surface area contributed by atoms with Gasteiger partial charge >= 0.3 is 0 Å². The number of fused-ring (bicyclic) bond motifs is 1. The number of rotatable bonds is 6. The van der Waals surface area contributed by atoms with Gasteiger partial charge in [0.25, 0.3) is 5.91 Å². The van der Waals surface area contributed by atoms with Crippen LogP contribution < -0.4 is 13.8 Å². The van der Waals surface area contributed by atoms with Gasteiger partial charge in [-0.05, 0) is 38.1 Å². The molecular formula is C18H21N5O5S. The van der Waals surface area contributed by atoms with Crippen LogP contribution in [0.3, 0.4) is 0 Å². The number of benzene rings is 1. The fourth-order valence-electron chi connectivity index (χ4n) is 2.85. The number of hydrogen-bond acceptors (Lipinski definition) is 8. The monoisotopic (exact) mass is 419 g/mol. The normalized spacial score (nSPS) is 11.7. The lowest BCUT2D eigenvalue weighted by molar-refractivity contribution is 0.100. The molecule has 154 valence electrons. The van der Waals surface area contributed by atoms with Crippen LogP contribution in [0, 0.1) is 0 Å². The summed E-state index contributed by atoms with van der Waals surface area (Å²) in [5, 5.41) is 8.15. The van der Waals surface area contributed by atoms with Crippen molar-refractivity contribution in [3.05, 3.63) is 35.9 Å². The first-order valence-corrected chi connectivity index (χ1v) is 10.5. The van der Waals surface area contributed by atoms with Gasteiger partial charge in [0.1, 0.15) is 11.2 Å². The zero-order valence-electron chi connectivity index (χ0n) is 16.6. The summed E-state index contributed by atoms with van der Waals surface area (Å²) in [6.07, 6.45) is 0.933. The molecule has 0 bridgehead atoms. The molecule has 0 saturated heterocycles. The van der Waals surface area contributed by atoms with Crippen molar-refractivity contribution in [1.82, 2.24) is 20.0 Å². The second kappa shape index (κ2) is 7.66. The number of sulfonamides is 1. The van der Waals surface area contributed by atoms with Gasteiger partial charge in [-0.2, -0.15) is 9.29 Å². The molecule has 3 rings (SSSR count). The third-order valence-electron chi connectivity index (χ3n) is 4.16. The Labute approximate surface area is 168 Å². The average Bonchev–Trinajstić information content (AvgIpc) is 3.10. The molecule has 0 atom stereocenters. The molecule has 2 heterocycles. The summed E-state index contributed by atoms with van der Waals surface area (Å²) in [6, 6.07) is 7.66. The zero-order valence-corrected chi connectivity index (χ0v) is 17.5. The lowest BCUT2D eigenvalue weighted by Crippen LogP contribution is -2.36. The minimum absolute atomic E-state index is 0.0215. The highest BCUT2D eigenvalue weighted by molar-refractivity contribution is 7.92. The number of methoxy groups -OCH3 is 2. The molecule has 0 aliphatic heterocycles. The molecule has 11 heteroatoms. The Balaban J connectivity index is 2.11. The van der Waals surface area contributed by atoms with Crippen LogP contribution in [0.1, 0.15) is 30.2 Å². The van der Waals surface area contributed by atoms with Crippen molar-refractivity contribution >= 4 is 32.7 Å². The maximum Gasteiger partial charge on any atom is 0.272 e. The van der Waals surface area contributed by atoms with Crippen molar-refractivity contribution in [3.63, 3.8) is 0 Å². The van der Waals surface area contributed by atoms with Crippen molar-refractivity contribution in [1.29, 1.82) is 0 Å². The van der Waals surface area contributed by atoms with Gasteiger partial charge in [-0.1, -0.05) is 5.21 Å². The Morgan fingerprint density at radius 1 is 1.14 bits per heavy atom. The van der Waals surface area contributed by atoms with Crippen molar-refractivity contribution < 1.29 is 22.7 Å². The number of carbonyl (C=O) groups excluding carboxylic acids is 1. The number of aromatic nitrogens is 4. The zero-order chi connectivity index (χ0) is 21.3. The van der Waals surface area contributed by atoms with E-state index in [0.29, 0.717) is 9.82 Å². The van der Waals surface area contributed by atoms with Gasteiger partial charge in [0.2, 0.25) is 21.8 Å². The molecule has 10 nitrogen and oxygen atoms in total. The fourth-order valence-corrected chi connectivity index (χ4v) is 3.75. The lowest BCUT2D eigenvalue weighted by atomic mass is 10.1. The summed E-state index contributed by atoms with van der Waals surface area (Å²) in [5.74, 6) is -0.605. The molecule has 1 aromatic carbocycles. The van der Waals surface area contributed by atoms with Gasteiger partial charge < -0.3 is 9.47 Å². The number of carbonyl (C=O) groups is 1. The van der Waals surface area contributed by atoms with Crippen LogP contribution in [-0.2, 0) is 10.0 Å². The highest BCUT2D eigenvalue weighted by Crippen LogP contribution is 2.32.